The van der Waals surface area contributed by atoms with Crippen molar-refractivity contribution in [2.24, 2.45) is 7.05 Å². The molecule has 0 radical (unpaired) electrons. The van der Waals surface area contributed by atoms with Gasteiger partial charge in [0.1, 0.15) is 6.04 Å². The summed E-state index contributed by atoms with van der Waals surface area (Å²) in [5.74, 6) is -1.29. The molecular formula is C14H15N3O4. The number of aromatic amines is 1. The number of amides is 1. The molecule has 1 fully saturated rings. The zero-order chi connectivity index (χ0) is 15.1. The zero-order valence-electron chi connectivity index (χ0n) is 11.5. The quantitative estimate of drug-likeness (QED) is 0.844. The molecule has 1 saturated heterocycles. The van der Waals surface area contributed by atoms with Crippen LogP contribution in [0.2, 0.25) is 0 Å². The van der Waals surface area contributed by atoms with Crippen LogP contribution in [-0.4, -0.2) is 44.0 Å². The maximum atomic E-state index is 12.5. The Bertz CT molecular complexity index is 789. The number of benzene rings is 1. The lowest BCUT2D eigenvalue weighted by molar-refractivity contribution is -0.141. The first-order valence-corrected chi connectivity index (χ1v) is 6.71. The molecule has 1 amide bonds. The number of carboxylic acids is 1. The number of aromatic nitrogens is 2. The van der Waals surface area contributed by atoms with Crippen LogP contribution in [-0.2, 0) is 11.8 Å². The van der Waals surface area contributed by atoms with Gasteiger partial charge in [-0.25, -0.2) is 9.59 Å². The summed E-state index contributed by atoms with van der Waals surface area (Å²) in [4.78, 5) is 39.3. The summed E-state index contributed by atoms with van der Waals surface area (Å²) < 4.78 is 1.42. The van der Waals surface area contributed by atoms with E-state index in [0.717, 1.165) is 0 Å². The van der Waals surface area contributed by atoms with Crippen LogP contribution in [0.5, 0.6) is 0 Å². The molecule has 1 aromatic heterocycles. The fourth-order valence-corrected chi connectivity index (χ4v) is 2.79. The van der Waals surface area contributed by atoms with E-state index in [1.807, 2.05) is 0 Å². The smallest absolute Gasteiger partial charge is 0.326 e. The van der Waals surface area contributed by atoms with Crippen LogP contribution in [0.3, 0.4) is 0 Å². The van der Waals surface area contributed by atoms with Gasteiger partial charge in [-0.1, -0.05) is 0 Å². The first-order valence-electron chi connectivity index (χ1n) is 6.71. The van der Waals surface area contributed by atoms with Crippen LogP contribution in [0.4, 0.5) is 0 Å². The van der Waals surface area contributed by atoms with Crippen molar-refractivity contribution in [3.8, 4) is 0 Å². The van der Waals surface area contributed by atoms with E-state index < -0.39 is 12.0 Å². The molecule has 0 unspecified atom stereocenters. The molecule has 3 rings (SSSR count). The molecule has 1 aromatic carbocycles. The topological polar surface area (TPSA) is 95.4 Å². The van der Waals surface area contributed by atoms with E-state index in [-0.39, 0.29) is 11.6 Å². The molecule has 110 valence electrons. The molecule has 0 saturated carbocycles. The van der Waals surface area contributed by atoms with E-state index >= 15 is 0 Å². The minimum Gasteiger partial charge on any atom is -0.480 e. The molecule has 7 nitrogen and oxygen atoms in total. The SMILES string of the molecule is Cn1c(=O)[nH]c2ccc(C(=O)N3CCC[C@H]3C(=O)O)cc21. The van der Waals surface area contributed by atoms with E-state index in [9.17, 15) is 14.4 Å². The van der Waals surface area contributed by atoms with E-state index in [1.165, 1.54) is 9.47 Å². The van der Waals surface area contributed by atoms with Gasteiger partial charge in [0.15, 0.2) is 0 Å². The van der Waals surface area contributed by atoms with Gasteiger partial charge in [-0.15, -0.1) is 0 Å². The van der Waals surface area contributed by atoms with Gasteiger partial charge in [0, 0.05) is 19.2 Å². The highest BCUT2D eigenvalue weighted by atomic mass is 16.4. The molecule has 1 aliphatic rings. The van der Waals surface area contributed by atoms with E-state index in [2.05, 4.69) is 4.98 Å². The zero-order valence-corrected chi connectivity index (χ0v) is 11.5. The number of hydrogen-bond donors (Lipinski definition) is 2. The lowest BCUT2D eigenvalue weighted by Crippen LogP contribution is -2.40. The normalized spacial score (nSPS) is 18.3. The molecule has 1 aliphatic heterocycles. The number of carbonyl (C=O) groups excluding carboxylic acids is 1. The molecule has 1 atom stereocenters. The molecule has 21 heavy (non-hydrogen) atoms. The fourth-order valence-electron chi connectivity index (χ4n) is 2.79. The number of H-pyrrole nitrogens is 1. The third-order valence-electron chi connectivity index (χ3n) is 3.95. The lowest BCUT2D eigenvalue weighted by Gasteiger charge is -2.21. The van der Waals surface area contributed by atoms with Gasteiger partial charge in [0.05, 0.1) is 11.0 Å². The van der Waals surface area contributed by atoms with Crippen LogP contribution in [0.1, 0.15) is 23.2 Å². The first kappa shape index (κ1) is 13.4. The van der Waals surface area contributed by atoms with Crippen molar-refractivity contribution in [1.82, 2.24) is 14.5 Å². The number of carbonyl (C=O) groups is 2. The van der Waals surface area contributed by atoms with Crippen molar-refractivity contribution in [3.63, 3.8) is 0 Å². The summed E-state index contributed by atoms with van der Waals surface area (Å²) in [6.07, 6.45) is 1.17. The van der Waals surface area contributed by atoms with E-state index in [4.69, 9.17) is 5.11 Å². The van der Waals surface area contributed by atoms with Gasteiger partial charge < -0.3 is 15.0 Å². The van der Waals surface area contributed by atoms with Crippen molar-refractivity contribution in [1.29, 1.82) is 0 Å². The van der Waals surface area contributed by atoms with Gasteiger partial charge in [0.25, 0.3) is 5.91 Å². The fraction of sp³-hybridized carbons (Fsp3) is 0.357. The van der Waals surface area contributed by atoms with Gasteiger partial charge in [-0.2, -0.15) is 0 Å². The standard InChI is InChI=1S/C14H15N3O4/c1-16-11-7-8(4-5-9(11)15-14(16)21)12(18)17-6-2-3-10(17)13(19)20/h4-5,7,10H,2-3,6H2,1H3,(H,15,21)(H,19,20)/t10-/m0/s1. The van der Waals surface area contributed by atoms with Crippen molar-refractivity contribution >= 4 is 22.9 Å². The predicted octanol–water partition coefficient (Wildman–Crippen LogP) is 0.556. The van der Waals surface area contributed by atoms with Gasteiger partial charge >= 0.3 is 11.7 Å². The first-order chi connectivity index (χ1) is 9.99. The minimum atomic E-state index is -0.976. The number of hydrogen-bond acceptors (Lipinski definition) is 3. The lowest BCUT2D eigenvalue weighted by atomic mass is 10.1. The Balaban J connectivity index is 2.00. The number of rotatable bonds is 2. The van der Waals surface area contributed by atoms with Crippen LogP contribution in [0.15, 0.2) is 23.0 Å². The molecule has 2 N–H and O–H groups in total. The molecule has 0 aliphatic carbocycles. The largest absolute Gasteiger partial charge is 0.480 e. The number of aryl methyl sites for hydroxylation is 1. The van der Waals surface area contributed by atoms with Gasteiger partial charge in [-0.3, -0.25) is 9.36 Å². The van der Waals surface area contributed by atoms with Crippen molar-refractivity contribution in [2.75, 3.05) is 6.54 Å². The number of imidazole rings is 1. The third kappa shape index (κ3) is 2.10. The third-order valence-corrected chi connectivity index (χ3v) is 3.95. The highest BCUT2D eigenvalue weighted by molar-refractivity contribution is 5.99. The summed E-state index contributed by atoms with van der Waals surface area (Å²) in [7, 11) is 1.62. The average Bonchev–Trinajstić information content (AvgIpc) is 3.04. The second kappa shape index (κ2) is 4.76. The summed E-state index contributed by atoms with van der Waals surface area (Å²) >= 11 is 0. The van der Waals surface area contributed by atoms with Crippen LogP contribution < -0.4 is 5.69 Å². The molecule has 2 aromatic rings. The van der Waals surface area contributed by atoms with Gasteiger partial charge in [-0.05, 0) is 31.0 Å². The van der Waals surface area contributed by atoms with Crippen molar-refractivity contribution < 1.29 is 14.7 Å². The second-order valence-electron chi connectivity index (χ2n) is 5.22. The number of nitrogens with one attached hydrogen (secondary N) is 1. The molecular weight excluding hydrogens is 274 g/mol. The van der Waals surface area contributed by atoms with Crippen molar-refractivity contribution in [3.05, 3.63) is 34.2 Å². The number of likely N-dealkylation sites (tertiary alicyclic amines) is 1. The minimum absolute atomic E-state index is 0.251. The monoisotopic (exact) mass is 289 g/mol. The number of nitrogens with zero attached hydrogens (tertiary/aromatic N) is 2. The van der Waals surface area contributed by atoms with E-state index in [1.54, 1.807) is 25.2 Å². The Hall–Kier alpha value is -2.57. The highest BCUT2D eigenvalue weighted by Gasteiger charge is 2.34. The molecule has 2 heterocycles. The predicted molar refractivity (Wildman–Crippen MR) is 75.2 cm³/mol. The Morgan fingerprint density at radius 1 is 1.38 bits per heavy atom. The summed E-state index contributed by atoms with van der Waals surface area (Å²) in [6, 6.07) is 4.13. The van der Waals surface area contributed by atoms with Crippen LogP contribution in [0.25, 0.3) is 11.0 Å². The maximum absolute atomic E-state index is 12.5. The average molecular weight is 289 g/mol. The Morgan fingerprint density at radius 3 is 2.86 bits per heavy atom. The number of aliphatic carboxylic acids is 1. The summed E-state index contributed by atoms with van der Waals surface area (Å²) in [5, 5.41) is 9.15. The summed E-state index contributed by atoms with van der Waals surface area (Å²) in [5.41, 5.74) is 1.41. The Kier molecular flexibility index (Phi) is 3.04. The molecule has 0 spiro atoms. The number of carboxylic acid groups (broad SMARTS) is 1. The van der Waals surface area contributed by atoms with Crippen LogP contribution in [0, 0.1) is 0 Å². The van der Waals surface area contributed by atoms with E-state index in [0.29, 0.717) is 36.0 Å². The van der Waals surface area contributed by atoms with Gasteiger partial charge in [0.2, 0.25) is 0 Å². The number of fused-ring (bicyclic) bond motifs is 1. The Labute approximate surface area is 119 Å². The molecule has 7 heteroatoms. The van der Waals surface area contributed by atoms with Crippen molar-refractivity contribution in [2.45, 2.75) is 18.9 Å². The Morgan fingerprint density at radius 2 is 2.14 bits per heavy atom. The second-order valence-corrected chi connectivity index (χ2v) is 5.22. The maximum Gasteiger partial charge on any atom is 0.326 e. The summed E-state index contributed by atoms with van der Waals surface area (Å²) in [6.45, 7) is 0.444. The van der Waals surface area contributed by atoms with Crippen LogP contribution >= 0.6 is 0 Å². The molecule has 0 bridgehead atoms. The highest BCUT2D eigenvalue weighted by Crippen LogP contribution is 2.21.